The van der Waals surface area contributed by atoms with Crippen molar-refractivity contribution in [3.05, 3.63) is 57.5 Å². The highest BCUT2D eigenvalue weighted by Crippen LogP contribution is 2.17. The third-order valence-corrected chi connectivity index (χ3v) is 3.36. The zero-order valence-corrected chi connectivity index (χ0v) is 13.1. The number of aromatic nitrogens is 1. The summed E-state index contributed by atoms with van der Waals surface area (Å²) in [5.74, 6) is 0.318. The van der Waals surface area contributed by atoms with Crippen LogP contribution in [-0.4, -0.2) is 17.7 Å². The number of hydrogen-bond acceptors (Lipinski definition) is 3. The first-order valence-electron chi connectivity index (χ1n) is 6.80. The average molecular weight is 307 g/mol. The number of nitrogens with zero attached hydrogens (tertiary/aromatic N) is 1. The maximum absolute atomic E-state index is 12.0. The molecule has 0 spiro atoms. The highest BCUT2D eigenvalue weighted by Gasteiger charge is 2.09. The van der Waals surface area contributed by atoms with Gasteiger partial charge in [-0.05, 0) is 24.3 Å². The van der Waals surface area contributed by atoms with Gasteiger partial charge in [-0.1, -0.05) is 25.4 Å². The molecule has 1 heterocycles. The molecule has 21 heavy (non-hydrogen) atoms. The number of pyridine rings is 1. The lowest BCUT2D eigenvalue weighted by Crippen LogP contribution is -2.25. The number of halogens is 1. The summed E-state index contributed by atoms with van der Waals surface area (Å²) in [7, 11) is 1.50. The van der Waals surface area contributed by atoms with Crippen LogP contribution in [0.2, 0.25) is 5.02 Å². The molecule has 0 unspecified atom stereocenters. The fourth-order valence-electron chi connectivity index (χ4n) is 2.00. The van der Waals surface area contributed by atoms with Crippen molar-refractivity contribution in [2.24, 2.45) is 0 Å². The highest BCUT2D eigenvalue weighted by molar-refractivity contribution is 6.30. The molecule has 0 fully saturated rings. The minimum absolute atomic E-state index is 0.122. The fraction of sp³-hybridized carbons (Fsp3) is 0.312. The van der Waals surface area contributed by atoms with Crippen LogP contribution < -0.4 is 15.5 Å². The maximum Gasteiger partial charge on any atom is 0.223 e. The van der Waals surface area contributed by atoms with Gasteiger partial charge in [-0.3, -0.25) is 4.79 Å². The van der Waals surface area contributed by atoms with Crippen molar-refractivity contribution in [2.75, 3.05) is 7.11 Å². The zero-order chi connectivity index (χ0) is 15.4. The van der Waals surface area contributed by atoms with Crippen LogP contribution in [-0.2, 0) is 6.54 Å². The van der Waals surface area contributed by atoms with Gasteiger partial charge in [0.1, 0.15) is 0 Å². The molecule has 1 aromatic heterocycles. The molecule has 4 nitrogen and oxygen atoms in total. The maximum atomic E-state index is 12.0. The summed E-state index contributed by atoms with van der Waals surface area (Å²) >= 11 is 5.93. The van der Waals surface area contributed by atoms with Gasteiger partial charge in [0.05, 0.1) is 13.3 Å². The predicted molar refractivity (Wildman–Crippen MR) is 85.6 cm³/mol. The van der Waals surface area contributed by atoms with Crippen molar-refractivity contribution in [1.29, 1.82) is 0 Å². The van der Waals surface area contributed by atoms with E-state index in [-0.39, 0.29) is 5.43 Å². The largest absolute Gasteiger partial charge is 0.491 e. The molecule has 0 radical (unpaired) electrons. The van der Waals surface area contributed by atoms with Gasteiger partial charge >= 0.3 is 0 Å². The third-order valence-electron chi connectivity index (χ3n) is 3.11. The summed E-state index contributed by atoms with van der Waals surface area (Å²) in [6, 6.07) is 9.39. The first kappa shape index (κ1) is 15.6. The first-order chi connectivity index (χ1) is 10.0. The van der Waals surface area contributed by atoms with Crippen LogP contribution in [0.15, 0.2) is 41.3 Å². The molecule has 1 N–H and O–H groups in total. The SMILES string of the molecule is COc1cn(-c2ccc(Cl)cc2)c(CNC(C)C)cc1=O. The van der Waals surface area contributed by atoms with E-state index in [1.54, 1.807) is 12.3 Å². The number of benzene rings is 1. The van der Waals surface area contributed by atoms with E-state index in [2.05, 4.69) is 19.2 Å². The van der Waals surface area contributed by atoms with Crippen molar-refractivity contribution in [1.82, 2.24) is 9.88 Å². The molecule has 112 valence electrons. The van der Waals surface area contributed by atoms with E-state index in [1.807, 2.05) is 28.8 Å². The lowest BCUT2D eigenvalue weighted by molar-refractivity contribution is 0.406. The van der Waals surface area contributed by atoms with Gasteiger partial charge in [-0.2, -0.15) is 0 Å². The van der Waals surface area contributed by atoms with E-state index in [0.717, 1.165) is 11.4 Å². The van der Waals surface area contributed by atoms with E-state index in [4.69, 9.17) is 16.3 Å². The molecule has 0 saturated carbocycles. The number of methoxy groups -OCH3 is 1. The fourth-order valence-corrected chi connectivity index (χ4v) is 2.12. The van der Waals surface area contributed by atoms with E-state index in [0.29, 0.717) is 23.4 Å². The molecule has 0 saturated heterocycles. The summed E-state index contributed by atoms with van der Waals surface area (Å²) in [6.45, 7) is 4.72. The van der Waals surface area contributed by atoms with E-state index < -0.39 is 0 Å². The monoisotopic (exact) mass is 306 g/mol. The average Bonchev–Trinajstić information content (AvgIpc) is 2.46. The van der Waals surface area contributed by atoms with Crippen LogP contribution in [0.5, 0.6) is 5.75 Å². The molecule has 0 aliphatic rings. The number of nitrogens with one attached hydrogen (secondary N) is 1. The number of rotatable bonds is 5. The van der Waals surface area contributed by atoms with Gasteiger partial charge < -0.3 is 14.6 Å². The minimum Gasteiger partial charge on any atom is -0.491 e. The molecule has 0 aliphatic carbocycles. The van der Waals surface area contributed by atoms with Crippen LogP contribution in [0.3, 0.4) is 0 Å². The predicted octanol–water partition coefficient (Wildman–Crippen LogP) is 3.00. The molecule has 1 aromatic carbocycles. The molecule has 0 bridgehead atoms. The summed E-state index contributed by atoms with van der Waals surface area (Å²) < 4.78 is 7.07. The molecule has 0 atom stereocenters. The van der Waals surface area contributed by atoms with Gasteiger partial charge in [0.2, 0.25) is 5.43 Å². The van der Waals surface area contributed by atoms with Gasteiger partial charge in [0.15, 0.2) is 5.75 Å². The summed E-state index contributed by atoms with van der Waals surface area (Å²) in [5, 5.41) is 4.00. The third kappa shape index (κ3) is 3.86. The van der Waals surface area contributed by atoms with Crippen molar-refractivity contribution in [3.8, 4) is 11.4 Å². The Kier molecular flexibility index (Phi) is 5.04. The van der Waals surface area contributed by atoms with E-state index in [9.17, 15) is 4.79 Å². The van der Waals surface area contributed by atoms with E-state index in [1.165, 1.54) is 7.11 Å². The Bertz CT molecular complexity index is 663. The Morgan fingerprint density at radius 2 is 1.95 bits per heavy atom. The number of hydrogen-bond donors (Lipinski definition) is 1. The van der Waals surface area contributed by atoms with Crippen LogP contribution in [0.1, 0.15) is 19.5 Å². The standard InChI is InChI=1S/C16H19ClN2O2/c1-11(2)18-9-14-8-15(20)16(21-3)10-19(14)13-6-4-12(17)5-7-13/h4-8,10-11,18H,9H2,1-3H3. The highest BCUT2D eigenvalue weighted by atomic mass is 35.5. The second-order valence-corrected chi connectivity index (χ2v) is 5.52. The summed E-state index contributed by atoms with van der Waals surface area (Å²) in [6.07, 6.45) is 1.71. The molecule has 2 aromatic rings. The summed E-state index contributed by atoms with van der Waals surface area (Å²) in [4.78, 5) is 12.0. The number of ether oxygens (including phenoxy) is 1. The molecule has 2 rings (SSSR count). The quantitative estimate of drug-likeness (QED) is 0.923. The second kappa shape index (κ2) is 6.78. The zero-order valence-electron chi connectivity index (χ0n) is 12.4. The molecule has 5 heteroatoms. The van der Waals surface area contributed by atoms with E-state index >= 15 is 0 Å². The Hall–Kier alpha value is -1.78. The Morgan fingerprint density at radius 1 is 1.29 bits per heavy atom. The van der Waals surface area contributed by atoms with Crippen LogP contribution in [0.4, 0.5) is 0 Å². The van der Waals surface area contributed by atoms with Crippen LogP contribution in [0.25, 0.3) is 5.69 Å². The first-order valence-corrected chi connectivity index (χ1v) is 7.18. The van der Waals surface area contributed by atoms with Crippen LogP contribution >= 0.6 is 11.6 Å². The van der Waals surface area contributed by atoms with Gasteiger partial charge in [0.25, 0.3) is 0 Å². The minimum atomic E-state index is -0.122. The van der Waals surface area contributed by atoms with Crippen molar-refractivity contribution >= 4 is 11.6 Å². The lowest BCUT2D eigenvalue weighted by Gasteiger charge is -2.16. The summed E-state index contributed by atoms with van der Waals surface area (Å²) in [5.41, 5.74) is 1.68. The van der Waals surface area contributed by atoms with Crippen molar-refractivity contribution in [3.63, 3.8) is 0 Å². The van der Waals surface area contributed by atoms with Gasteiger partial charge in [-0.25, -0.2) is 0 Å². The Morgan fingerprint density at radius 3 is 2.52 bits per heavy atom. The molecular weight excluding hydrogens is 288 g/mol. The topological polar surface area (TPSA) is 43.3 Å². The Labute approximate surface area is 129 Å². The van der Waals surface area contributed by atoms with Gasteiger partial charge in [-0.15, -0.1) is 0 Å². The molecule has 0 amide bonds. The molecule has 0 aliphatic heterocycles. The van der Waals surface area contributed by atoms with Crippen LogP contribution in [0, 0.1) is 0 Å². The Balaban J connectivity index is 2.49. The molecular formula is C16H19ClN2O2. The smallest absolute Gasteiger partial charge is 0.223 e. The normalized spacial score (nSPS) is 10.9. The van der Waals surface area contributed by atoms with Crippen molar-refractivity contribution < 1.29 is 4.74 Å². The lowest BCUT2D eigenvalue weighted by atomic mass is 10.2. The van der Waals surface area contributed by atoms with Crippen molar-refractivity contribution in [2.45, 2.75) is 26.4 Å². The second-order valence-electron chi connectivity index (χ2n) is 5.08. The van der Waals surface area contributed by atoms with Gasteiger partial charge in [0, 0.05) is 35.1 Å².